The van der Waals surface area contributed by atoms with Crippen LogP contribution in [0.4, 0.5) is 5.69 Å². The molecule has 5 heteroatoms. The Morgan fingerprint density at radius 1 is 1.21 bits per heavy atom. The maximum absolute atomic E-state index is 8.75. The molecule has 0 spiro atoms. The van der Waals surface area contributed by atoms with E-state index >= 15 is 0 Å². The molecule has 1 heterocycles. The molecule has 0 fully saturated rings. The highest BCUT2D eigenvalue weighted by Crippen LogP contribution is 2.17. The van der Waals surface area contributed by atoms with E-state index in [4.69, 9.17) is 5.26 Å². The van der Waals surface area contributed by atoms with Crippen LogP contribution >= 0.6 is 11.8 Å². The summed E-state index contributed by atoms with van der Waals surface area (Å²) in [6.07, 6.45) is 5.41. The Balaban J connectivity index is 2.05. The molecule has 1 aromatic heterocycles. The van der Waals surface area contributed by atoms with Crippen molar-refractivity contribution in [2.75, 3.05) is 0 Å². The SMILES string of the molecule is N#CNC(=Nc1ccccc1)SCc1ccncc1. The predicted molar refractivity (Wildman–Crippen MR) is 77.8 cm³/mol. The second-order valence-electron chi connectivity index (χ2n) is 3.63. The van der Waals surface area contributed by atoms with Gasteiger partial charge < -0.3 is 0 Å². The normalized spacial score (nSPS) is 10.8. The zero-order valence-corrected chi connectivity index (χ0v) is 11.0. The number of benzene rings is 1. The van der Waals surface area contributed by atoms with Crippen molar-refractivity contribution in [3.8, 4) is 6.19 Å². The summed E-state index contributed by atoms with van der Waals surface area (Å²) in [6.45, 7) is 0. The number of aromatic nitrogens is 1. The van der Waals surface area contributed by atoms with Crippen LogP contribution in [0.15, 0.2) is 59.9 Å². The number of rotatable bonds is 3. The van der Waals surface area contributed by atoms with Gasteiger partial charge in [-0.2, -0.15) is 5.26 Å². The monoisotopic (exact) mass is 268 g/mol. The van der Waals surface area contributed by atoms with Crippen molar-refractivity contribution in [3.63, 3.8) is 0 Å². The van der Waals surface area contributed by atoms with Crippen molar-refractivity contribution >= 4 is 22.6 Å². The average molecular weight is 268 g/mol. The number of nitrogens with zero attached hydrogens (tertiary/aromatic N) is 3. The highest BCUT2D eigenvalue weighted by Gasteiger charge is 2.01. The van der Waals surface area contributed by atoms with E-state index in [2.05, 4.69) is 15.3 Å². The number of nitrogens with one attached hydrogen (secondary N) is 1. The number of aliphatic imine (C=N–C) groups is 1. The van der Waals surface area contributed by atoms with Crippen LogP contribution in [0.2, 0.25) is 0 Å². The lowest BCUT2D eigenvalue weighted by atomic mass is 10.3. The largest absolute Gasteiger partial charge is 0.271 e. The van der Waals surface area contributed by atoms with Gasteiger partial charge in [0, 0.05) is 18.1 Å². The van der Waals surface area contributed by atoms with Gasteiger partial charge in [0.1, 0.15) is 0 Å². The van der Waals surface area contributed by atoms with Crippen LogP contribution in [0, 0.1) is 11.5 Å². The first kappa shape index (κ1) is 13.1. The Hall–Kier alpha value is -2.32. The van der Waals surface area contributed by atoms with Gasteiger partial charge in [-0.3, -0.25) is 10.3 Å². The second-order valence-corrected chi connectivity index (χ2v) is 4.60. The molecule has 0 amide bonds. The minimum Gasteiger partial charge on any atom is -0.271 e. The smallest absolute Gasteiger partial charge is 0.183 e. The van der Waals surface area contributed by atoms with E-state index in [1.165, 1.54) is 11.8 Å². The minimum absolute atomic E-state index is 0.588. The summed E-state index contributed by atoms with van der Waals surface area (Å²) in [4.78, 5) is 8.36. The topological polar surface area (TPSA) is 61.1 Å². The highest BCUT2D eigenvalue weighted by atomic mass is 32.2. The van der Waals surface area contributed by atoms with E-state index in [1.807, 2.05) is 48.7 Å². The first-order valence-electron chi connectivity index (χ1n) is 5.69. The van der Waals surface area contributed by atoms with E-state index < -0.39 is 0 Å². The Morgan fingerprint density at radius 3 is 2.63 bits per heavy atom. The van der Waals surface area contributed by atoms with Crippen LogP contribution < -0.4 is 5.32 Å². The summed E-state index contributed by atoms with van der Waals surface area (Å²) in [5, 5.41) is 11.9. The first-order valence-corrected chi connectivity index (χ1v) is 6.67. The molecule has 0 aliphatic rings. The van der Waals surface area contributed by atoms with Crippen molar-refractivity contribution in [3.05, 3.63) is 60.4 Å². The van der Waals surface area contributed by atoms with Crippen molar-refractivity contribution in [2.45, 2.75) is 5.75 Å². The molecule has 2 rings (SSSR count). The third kappa shape index (κ3) is 4.45. The molecule has 0 unspecified atom stereocenters. The summed E-state index contributed by atoms with van der Waals surface area (Å²) < 4.78 is 0. The molecule has 4 nitrogen and oxygen atoms in total. The van der Waals surface area contributed by atoms with Gasteiger partial charge in [0.25, 0.3) is 0 Å². The number of amidine groups is 1. The quantitative estimate of drug-likeness (QED) is 0.402. The molecule has 94 valence electrons. The number of pyridine rings is 1. The van der Waals surface area contributed by atoms with Crippen LogP contribution in [0.5, 0.6) is 0 Å². The number of para-hydroxylation sites is 1. The van der Waals surface area contributed by atoms with Gasteiger partial charge in [-0.05, 0) is 29.8 Å². The van der Waals surface area contributed by atoms with E-state index in [0.717, 1.165) is 17.0 Å². The summed E-state index contributed by atoms with van der Waals surface area (Å²) in [5.41, 5.74) is 1.96. The fourth-order valence-electron chi connectivity index (χ4n) is 1.39. The van der Waals surface area contributed by atoms with Gasteiger partial charge in [-0.15, -0.1) is 0 Å². The first-order chi connectivity index (χ1) is 9.38. The molecule has 0 aliphatic carbocycles. The molecule has 1 N–H and O–H groups in total. The van der Waals surface area contributed by atoms with Gasteiger partial charge in [-0.25, -0.2) is 4.99 Å². The Bertz CT molecular complexity index is 575. The molecule has 0 radical (unpaired) electrons. The summed E-state index contributed by atoms with van der Waals surface area (Å²) >= 11 is 1.48. The highest BCUT2D eigenvalue weighted by molar-refractivity contribution is 8.13. The van der Waals surface area contributed by atoms with Gasteiger partial charge in [0.15, 0.2) is 11.4 Å². The molecular weight excluding hydrogens is 256 g/mol. The lowest BCUT2D eigenvalue weighted by Gasteiger charge is -2.03. The number of hydrogen-bond acceptors (Lipinski definition) is 4. The molecule has 19 heavy (non-hydrogen) atoms. The lowest BCUT2D eigenvalue weighted by Crippen LogP contribution is -2.13. The average Bonchev–Trinajstić information content (AvgIpc) is 2.47. The zero-order valence-electron chi connectivity index (χ0n) is 10.2. The van der Waals surface area contributed by atoms with Crippen molar-refractivity contribution in [1.29, 1.82) is 5.26 Å². The molecule has 0 atom stereocenters. The maximum Gasteiger partial charge on any atom is 0.183 e. The molecule has 0 aliphatic heterocycles. The minimum atomic E-state index is 0.588. The maximum atomic E-state index is 8.75. The van der Waals surface area contributed by atoms with Crippen LogP contribution in [0.3, 0.4) is 0 Å². The van der Waals surface area contributed by atoms with Crippen molar-refractivity contribution in [1.82, 2.24) is 10.3 Å². The number of thioether (sulfide) groups is 1. The van der Waals surface area contributed by atoms with E-state index in [9.17, 15) is 0 Å². The third-order valence-corrected chi connectivity index (χ3v) is 3.22. The Labute approximate surface area is 116 Å². The van der Waals surface area contributed by atoms with Crippen LogP contribution in [-0.2, 0) is 5.75 Å². The number of nitriles is 1. The van der Waals surface area contributed by atoms with Gasteiger partial charge in [0.2, 0.25) is 0 Å². The van der Waals surface area contributed by atoms with Crippen LogP contribution in [-0.4, -0.2) is 10.2 Å². The Kier molecular flexibility index (Phi) is 4.96. The summed E-state index contributed by atoms with van der Waals surface area (Å²) in [5.74, 6) is 0.739. The summed E-state index contributed by atoms with van der Waals surface area (Å²) in [7, 11) is 0. The molecule has 0 bridgehead atoms. The fourth-order valence-corrected chi connectivity index (χ4v) is 2.18. The summed E-state index contributed by atoms with van der Waals surface area (Å²) in [6, 6.07) is 13.4. The fraction of sp³-hybridized carbons (Fsp3) is 0.0714. The van der Waals surface area contributed by atoms with Crippen LogP contribution in [0.25, 0.3) is 0 Å². The van der Waals surface area contributed by atoms with E-state index in [-0.39, 0.29) is 0 Å². The predicted octanol–water partition coefficient (Wildman–Crippen LogP) is 3.07. The van der Waals surface area contributed by atoms with Crippen molar-refractivity contribution < 1.29 is 0 Å². The van der Waals surface area contributed by atoms with Gasteiger partial charge >= 0.3 is 0 Å². The third-order valence-electron chi connectivity index (χ3n) is 2.27. The van der Waals surface area contributed by atoms with Gasteiger partial charge in [-0.1, -0.05) is 30.0 Å². The van der Waals surface area contributed by atoms with Crippen molar-refractivity contribution in [2.24, 2.45) is 4.99 Å². The van der Waals surface area contributed by atoms with E-state index in [0.29, 0.717) is 5.17 Å². The zero-order chi connectivity index (χ0) is 13.3. The number of hydrogen-bond donors (Lipinski definition) is 1. The van der Waals surface area contributed by atoms with Gasteiger partial charge in [0.05, 0.1) is 5.69 Å². The Morgan fingerprint density at radius 2 is 1.95 bits per heavy atom. The molecular formula is C14H12N4S. The molecule has 0 saturated carbocycles. The molecule has 1 aromatic carbocycles. The van der Waals surface area contributed by atoms with E-state index in [1.54, 1.807) is 12.4 Å². The second kappa shape index (κ2) is 7.19. The van der Waals surface area contributed by atoms with Crippen LogP contribution in [0.1, 0.15) is 5.56 Å². The molecule has 0 saturated heterocycles. The lowest BCUT2D eigenvalue weighted by molar-refractivity contribution is 1.26. The standard InChI is InChI=1S/C14H12N4S/c15-11-17-14(18-13-4-2-1-3-5-13)19-10-12-6-8-16-9-7-12/h1-9H,10H2,(H,17,18). The molecule has 2 aromatic rings.